The fourth-order valence-electron chi connectivity index (χ4n) is 1.40. The van der Waals surface area contributed by atoms with Gasteiger partial charge in [-0.15, -0.1) is 0 Å². The van der Waals surface area contributed by atoms with Gasteiger partial charge in [0, 0.05) is 12.1 Å². The Kier molecular flexibility index (Phi) is 14.3. The highest BCUT2D eigenvalue weighted by molar-refractivity contribution is 5.44. The number of hydrogen-bond acceptors (Lipinski definition) is 4. The third-order valence-electron chi connectivity index (χ3n) is 2.08. The number of aldehydes is 1. The smallest absolute Gasteiger partial charge is 0.116 e. The Morgan fingerprint density at radius 3 is 1.93 bits per heavy atom. The lowest BCUT2D eigenvalue weighted by molar-refractivity contribution is -0.106. The van der Waals surface area contributed by atoms with E-state index in [1.54, 1.807) is 0 Å². The third-order valence-corrected chi connectivity index (χ3v) is 2.08. The summed E-state index contributed by atoms with van der Waals surface area (Å²) in [5, 5.41) is 3.23. The number of rotatable bonds is 2. The summed E-state index contributed by atoms with van der Waals surface area (Å²) in [4.78, 5) is 8.81. The highest BCUT2D eigenvalue weighted by Crippen LogP contribution is 2.17. The van der Waals surface area contributed by atoms with E-state index in [1.165, 1.54) is 26.2 Å². The summed E-state index contributed by atoms with van der Waals surface area (Å²) in [6, 6.07) is 1.23. The van der Waals surface area contributed by atoms with E-state index in [9.17, 15) is 0 Å². The fourth-order valence-corrected chi connectivity index (χ4v) is 1.40. The van der Waals surface area contributed by atoms with Crippen LogP contribution in [0.2, 0.25) is 0 Å². The van der Waals surface area contributed by atoms with Crippen LogP contribution in [0.1, 0.15) is 40.0 Å². The Bertz CT molecular complexity index is 110. The van der Waals surface area contributed by atoms with Crippen LogP contribution in [0.4, 0.5) is 0 Å². The molecular weight excluding hydrogens is 178 g/mol. The van der Waals surface area contributed by atoms with Gasteiger partial charge >= 0.3 is 0 Å². The number of carbonyl (C=O) groups excluding carboxylic acids is 1. The zero-order valence-corrected chi connectivity index (χ0v) is 9.84. The van der Waals surface area contributed by atoms with Crippen molar-refractivity contribution < 1.29 is 4.79 Å². The predicted molar refractivity (Wildman–Crippen MR) is 60.9 cm³/mol. The zero-order chi connectivity index (χ0) is 11.4. The first kappa shape index (κ1) is 16.0. The van der Waals surface area contributed by atoms with Crippen molar-refractivity contribution in [2.75, 3.05) is 7.05 Å². The summed E-state index contributed by atoms with van der Waals surface area (Å²) in [5.41, 5.74) is 2.79. The summed E-state index contributed by atoms with van der Waals surface area (Å²) >= 11 is 0. The van der Waals surface area contributed by atoms with Gasteiger partial charge in [0.15, 0.2) is 0 Å². The van der Waals surface area contributed by atoms with Gasteiger partial charge in [0.25, 0.3) is 0 Å². The minimum absolute atomic E-state index is 0.544. The van der Waals surface area contributed by atoms with Gasteiger partial charge in [0.05, 0.1) is 0 Å². The largest absolute Gasteiger partial charge is 0.317 e. The molecule has 0 saturated heterocycles. The Labute approximate surface area is 87.6 Å². The minimum atomic E-state index is 0.544. The molecular formula is C10H25N3O. The molecule has 0 aromatic rings. The maximum atomic E-state index is 8.81. The van der Waals surface area contributed by atoms with Crippen LogP contribution in [0.3, 0.4) is 0 Å². The molecule has 2 atom stereocenters. The van der Waals surface area contributed by atoms with Crippen LogP contribution < -0.4 is 16.6 Å². The number of hydrogen-bond donors (Lipinski definition) is 3. The van der Waals surface area contributed by atoms with Gasteiger partial charge in [-0.2, -0.15) is 0 Å². The molecule has 0 amide bonds. The number of hydrazine groups is 1. The van der Waals surface area contributed by atoms with E-state index >= 15 is 0 Å². The summed E-state index contributed by atoms with van der Waals surface area (Å²) < 4.78 is 0. The molecule has 1 saturated carbocycles. The molecule has 1 aliphatic carbocycles. The van der Waals surface area contributed by atoms with Crippen LogP contribution in [-0.2, 0) is 4.79 Å². The van der Waals surface area contributed by atoms with E-state index in [4.69, 9.17) is 10.6 Å². The van der Waals surface area contributed by atoms with E-state index < -0.39 is 0 Å². The molecule has 4 N–H and O–H groups in total. The van der Waals surface area contributed by atoms with Crippen LogP contribution in [-0.4, -0.2) is 25.4 Å². The van der Waals surface area contributed by atoms with Crippen molar-refractivity contribution >= 4 is 6.29 Å². The number of nitrogens with one attached hydrogen (secondary N) is 2. The van der Waals surface area contributed by atoms with Crippen molar-refractivity contribution in [2.24, 2.45) is 5.84 Å². The molecule has 1 aliphatic rings. The normalized spacial score (nSPS) is 24.1. The van der Waals surface area contributed by atoms with Crippen LogP contribution in [0.5, 0.6) is 0 Å². The maximum Gasteiger partial charge on any atom is 0.116 e. The summed E-state index contributed by atoms with van der Waals surface area (Å²) in [6.07, 6.45) is 4.39. The first-order chi connectivity index (χ1) is 6.78. The standard InChI is InChI=1S/C6H15N3.C2H4O.C2H6/c1-8-5-2-3-6(4-5)9-7;1-2-3;1-2/h5-6,8-9H,2-4,7H2,1H3;2H,1H3;1-2H3. The molecule has 2 unspecified atom stereocenters. The van der Waals surface area contributed by atoms with Gasteiger partial charge < -0.3 is 10.1 Å². The van der Waals surface area contributed by atoms with Gasteiger partial charge in [-0.3, -0.25) is 11.3 Å². The van der Waals surface area contributed by atoms with E-state index in [2.05, 4.69) is 10.7 Å². The number of carbonyl (C=O) groups is 1. The molecule has 0 bridgehead atoms. The fraction of sp³-hybridized carbons (Fsp3) is 0.900. The SMILES string of the molecule is CC.CC=O.CNC1CCC(NN)C1. The van der Waals surface area contributed by atoms with E-state index in [0.717, 1.165) is 6.29 Å². The summed E-state index contributed by atoms with van der Waals surface area (Å²) in [6.45, 7) is 5.44. The molecule has 4 nitrogen and oxygen atoms in total. The number of nitrogens with two attached hydrogens (primary N) is 1. The van der Waals surface area contributed by atoms with Crippen molar-refractivity contribution in [1.82, 2.24) is 10.7 Å². The van der Waals surface area contributed by atoms with Gasteiger partial charge in [0.2, 0.25) is 0 Å². The molecule has 0 radical (unpaired) electrons. The molecule has 86 valence electrons. The van der Waals surface area contributed by atoms with E-state index in [-0.39, 0.29) is 0 Å². The first-order valence-electron chi connectivity index (χ1n) is 5.31. The zero-order valence-electron chi connectivity index (χ0n) is 9.84. The summed E-state index contributed by atoms with van der Waals surface area (Å²) in [5.74, 6) is 5.27. The highest BCUT2D eigenvalue weighted by atomic mass is 16.1. The second kappa shape index (κ2) is 12.6. The lowest BCUT2D eigenvalue weighted by Gasteiger charge is -2.07. The molecule has 4 heteroatoms. The average Bonchev–Trinajstić information content (AvgIpc) is 2.69. The second-order valence-corrected chi connectivity index (χ2v) is 2.90. The van der Waals surface area contributed by atoms with E-state index in [0.29, 0.717) is 12.1 Å². The molecule has 0 aromatic carbocycles. The predicted octanol–water partition coefficient (Wildman–Crippen LogP) is 0.822. The van der Waals surface area contributed by atoms with Crippen molar-refractivity contribution in [3.05, 3.63) is 0 Å². The molecule has 0 spiro atoms. The topological polar surface area (TPSA) is 67.2 Å². The minimum Gasteiger partial charge on any atom is -0.317 e. The lowest BCUT2D eigenvalue weighted by Crippen LogP contribution is -2.34. The first-order valence-corrected chi connectivity index (χ1v) is 5.31. The quantitative estimate of drug-likeness (QED) is 0.353. The van der Waals surface area contributed by atoms with E-state index in [1.807, 2.05) is 20.9 Å². The lowest BCUT2D eigenvalue weighted by atomic mass is 10.2. The summed E-state index contributed by atoms with van der Waals surface area (Å²) in [7, 11) is 2.00. The second-order valence-electron chi connectivity index (χ2n) is 2.90. The van der Waals surface area contributed by atoms with Crippen LogP contribution in [0.25, 0.3) is 0 Å². The Hall–Kier alpha value is -0.450. The molecule has 0 aliphatic heterocycles. The van der Waals surface area contributed by atoms with Crippen LogP contribution >= 0.6 is 0 Å². The Morgan fingerprint density at radius 1 is 1.29 bits per heavy atom. The van der Waals surface area contributed by atoms with Crippen molar-refractivity contribution in [3.63, 3.8) is 0 Å². The molecule has 1 fully saturated rings. The van der Waals surface area contributed by atoms with Crippen LogP contribution in [0, 0.1) is 0 Å². The highest BCUT2D eigenvalue weighted by Gasteiger charge is 2.21. The average molecular weight is 203 g/mol. The van der Waals surface area contributed by atoms with Crippen molar-refractivity contribution in [1.29, 1.82) is 0 Å². The molecule has 14 heavy (non-hydrogen) atoms. The van der Waals surface area contributed by atoms with Crippen molar-refractivity contribution in [3.8, 4) is 0 Å². The monoisotopic (exact) mass is 203 g/mol. The third kappa shape index (κ3) is 8.16. The van der Waals surface area contributed by atoms with Gasteiger partial charge in [-0.05, 0) is 33.2 Å². The molecule has 0 aromatic heterocycles. The Morgan fingerprint density at radius 2 is 1.71 bits per heavy atom. The molecule has 0 heterocycles. The van der Waals surface area contributed by atoms with Gasteiger partial charge in [0.1, 0.15) is 6.29 Å². The maximum absolute atomic E-state index is 8.81. The Balaban J connectivity index is 0. The molecule has 1 rings (SSSR count). The van der Waals surface area contributed by atoms with Crippen LogP contribution in [0.15, 0.2) is 0 Å². The van der Waals surface area contributed by atoms with Gasteiger partial charge in [-0.25, -0.2) is 0 Å². The van der Waals surface area contributed by atoms with Gasteiger partial charge in [-0.1, -0.05) is 13.8 Å². The van der Waals surface area contributed by atoms with Crippen molar-refractivity contribution in [2.45, 2.75) is 52.1 Å².